The number of para-hydroxylation sites is 3. The average Bonchev–Trinajstić information content (AvgIpc) is 3.96. The molecule has 6 heteroatoms. The molecule has 0 aliphatic rings. The van der Waals surface area contributed by atoms with Crippen LogP contribution in [0.3, 0.4) is 0 Å². The number of hydrogen-bond acceptors (Lipinski definition) is 5. The molecule has 4 heterocycles. The number of aromatic nitrogens is 4. The summed E-state index contributed by atoms with van der Waals surface area (Å²) < 4.78 is 15.8. The van der Waals surface area contributed by atoms with Crippen LogP contribution in [-0.2, 0) is 0 Å². The molecule has 0 amide bonds. The van der Waals surface area contributed by atoms with Gasteiger partial charge in [-0.1, -0.05) is 140 Å². The molecular weight excluding hydrogens is 701 g/mol. The molecule has 266 valence electrons. The minimum absolute atomic E-state index is 0.582. The molecule has 0 aliphatic heterocycles. The molecule has 12 rings (SSSR count). The van der Waals surface area contributed by atoms with Gasteiger partial charge in [0.15, 0.2) is 23.1 Å². The van der Waals surface area contributed by atoms with Gasteiger partial charge in [-0.25, -0.2) is 15.0 Å². The summed E-state index contributed by atoms with van der Waals surface area (Å²) in [5, 5.41) is 6.62. The number of nitrogens with zero attached hydrogens (tertiary/aromatic N) is 4. The van der Waals surface area contributed by atoms with Crippen molar-refractivity contribution in [2.45, 2.75) is 0 Å². The molecule has 8 aromatic carbocycles. The highest BCUT2D eigenvalue weighted by Crippen LogP contribution is 2.44. The molecule has 0 aliphatic carbocycles. The first-order chi connectivity index (χ1) is 28.3. The van der Waals surface area contributed by atoms with Crippen LogP contribution in [0.2, 0.25) is 0 Å². The van der Waals surface area contributed by atoms with Crippen molar-refractivity contribution in [3.63, 3.8) is 0 Å². The fourth-order valence-electron chi connectivity index (χ4n) is 8.54. The predicted octanol–water partition coefficient (Wildman–Crippen LogP) is 13.4. The van der Waals surface area contributed by atoms with Crippen LogP contribution in [0.4, 0.5) is 0 Å². The third-order valence-electron chi connectivity index (χ3n) is 11.1. The Morgan fingerprint density at radius 1 is 0.351 bits per heavy atom. The molecular formula is C51H30N4O2. The number of fused-ring (bicyclic) bond motifs is 9. The van der Waals surface area contributed by atoms with Gasteiger partial charge in [-0.15, -0.1) is 0 Å². The van der Waals surface area contributed by atoms with Crippen molar-refractivity contribution in [1.82, 2.24) is 19.5 Å². The van der Waals surface area contributed by atoms with Gasteiger partial charge in [0, 0.05) is 49.0 Å². The molecule has 0 bridgehead atoms. The fraction of sp³-hybridized carbons (Fsp3) is 0. The molecule has 0 fully saturated rings. The maximum absolute atomic E-state index is 6.83. The second kappa shape index (κ2) is 12.3. The van der Waals surface area contributed by atoms with Gasteiger partial charge in [0.25, 0.3) is 0 Å². The monoisotopic (exact) mass is 730 g/mol. The molecule has 57 heavy (non-hydrogen) atoms. The molecule has 0 N–H and O–H groups in total. The summed E-state index contributed by atoms with van der Waals surface area (Å²) in [6, 6.07) is 62.5. The zero-order chi connectivity index (χ0) is 37.5. The van der Waals surface area contributed by atoms with Crippen molar-refractivity contribution in [3.05, 3.63) is 182 Å². The third-order valence-corrected chi connectivity index (χ3v) is 11.1. The molecule has 0 spiro atoms. The number of rotatable bonds is 5. The Morgan fingerprint density at radius 2 is 0.860 bits per heavy atom. The minimum Gasteiger partial charge on any atom is -0.456 e. The van der Waals surface area contributed by atoms with Crippen LogP contribution < -0.4 is 0 Å². The maximum Gasteiger partial charge on any atom is 0.164 e. The van der Waals surface area contributed by atoms with E-state index < -0.39 is 0 Å². The Labute approximate surface area is 325 Å². The Kier molecular flexibility index (Phi) is 6.83. The second-order valence-corrected chi connectivity index (χ2v) is 14.3. The average molecular weight is 731 g/mol. The summed E-state index contributed by atoms with van der Waals surface area (Å²) in [5.41, 5.74) is 11.4. The summed E-state index contributed by atoms with van der Waals surface area (Å²) >= 11 is 0. The van der Waals surface area contributed by atoms with E-state index in [0.717, 1.165) is 88.4 Å². The SMILES string of the molecule is c1ccc(-c2nc(-c3ccccc3)nc(-c3ccc4c(c3)oc3cccc(-c5cccc6oc7c(-n8c9ccccc9c9ccccc98)cccc7c56)c34)n2)cc1. The minimum atomic E-state index is 0.582. The molecule has 0 unspecified atom stereocenters. The van der Waals surface area contributed by atoms with Crippen LogP contribution in [-0.4, -0.2) is 19.5 Å². The van der Waals surface area contributed by atoms with Crippen LogP contribution in [0.5, 0.6) is 0 Å². The first kappa shape index (κ1) is 31.5. The van der Waals surface area contributed by atoms with Crippen LogP contribution >= 0.6 is 0 Å². The van der Waals surface area contributed by atoms with Crippen LogP contribution in [0.25, 0.3) is 117 Å². The normalized spacial score (nSPS) is 11.9. The van der Waals surface area contributed by atoms with Gasteiger partial charge in [0.05, 0.1) is 16.7 Å². The van der Waals surface area contributed by atoms with Crippen LogP contribution in [0.1, 0.15) is 0 Å². The van der Waals surface area contributed by atoms with Gasteiger partial charge in [-0.2, -0.15) is 0 Å². The van der Waals surface area contributed by atoms with Gasteiger partial charge in [0.2, 0.25) is 0 Å². The Bertz CT molecular complexity index is 3410. The molecule has 6 nitrogen and oxygen atoms in total. The third kappa shape index (κ3) is 4.87. The first-order valence-electron chi connectivity index (χ1n) is 19.0. The standard InChI is InChI=1S/C51H30N4O2/c1-3-14-31(15-4-1)49-52-50(32-16-5-2-6-17-32)54-51(53-49)33-28-29-38-45(30-33)56-43-26-12-20-36(46(38)43)37-21-13-27-44-47(37)39-22-11-25-42(48(39)57-44)55-40-23-9-7-18-34(40)35-19-8-10-24-41(35)55/h1-30H. The lowest BCUT2D eigenvalue weighted by Crippen LogP contribution is -2.00. The largest absolute Gasteiger partial charge is 0.456 e. The first-order valence-corrected chi connectivity index (χ1v) is 19.0. The zero-order valence-electron chi connectivity index (χ0n) is 30.4. The zero-order valence-corrected chi connectivity index (χ0v) is 30.4. The molecule has 12 aromatic rings. The van der Waals surface area contributed by atoms with Crippen molar-refractivity contribution < 1.29 is 8.83 Å². The van der Waals surface area contributed by atoms with E-state index in [1.54, 1.807) is 0 Å². The summed E-state index contributed by atoms with van der Waals surface area (Å²) in [7, 11) is 0. The van der Waals surface area contributed by atoms with Crippen molar-refractivity contribution >= 4 is 65.7 Å². The van der Waals surface area contributed by atoms with Gasteiger partial charge < -0.3 is 13.4 Å². The fourth-order valence-corrected chi connectivity index (χ4v) is 8.54. The number of hydrogen-bond donors (Lipinski definition) is 0. The van der Waals surface area contributed by atoms with Crippen molar-refractivity contribution in [1.29, 1.82) is 0 Å². The predicted molar refractivity (Wildman–Crippen MR) is 230 cm³/mol. The molecule has 0 radical (unpaired) electrons. The van der Waals surface area contributed by atoms with E-state index in [9.17, 15) is 0 Å². The van der Waals surface area contributed by atoms with E-state index in [2.05, 4.69) is 114 Å². The quantitative estimate of drug-likeness (QED) is 0.176. The second-order valence-electron chi connectivity index (χ2n) is 14.3. The van der Waals surface area contributed by atoms with Crippen LogP contribution in [0.15, 0.2) is 191 Å². The summed E-state index contributed by atoms with van der Waals surface area (Å²) in [4.78, 5) is 14.8. The molecule has 0 saturated heterocycles. The molecule has 4 aromatic heterocycles. The highest BCUT2D eigenvalue weighted by atomic mass is 16.3. The summed E-state index contributed by atoms with van der Waals surface area (Å²) in [6.45, 7) is 0. The van der Waals surface area contributed by atoms with Gasteiger partial charge >= 0.3 is 0 Å². The number of furan rings is 2. The van der Waals surface area contributed by atoms with E-state index in [4.69, 9.17) is 23.8 Å². The van der Waals surface area contributed by atoms with E-state index in [1.807, 2.05) is 72.8 Å². The van der Waals surface area contributed by atoms with E-state index in [-0.39, 0.29) is 0 Å². The van der Waals surface area contributed by atoms with Gasteiger partial charge in [0.1, 0.15) is 16.7 Å². The van der Waals surface area contributed by atoms with E-state index in [0.29, 0.717) is 17.5 Å². The van der Waals surface area contributed by atoms with Crippen molar-refractivity contribution in [3.8, 4) is 51.0 Å². The number of benzene rings is 8. The smallest absolute Gasteiger partial charge is 0.164 e. The van der Waals surface area contributed by atoms with Crippen molar-refractivity contribution in [2.75, 3.05) is 0 Å². The van der Waals surface area contributed by atoms with E-state index in [1.165, 1.54) is 10.8 Å². The summed E-state index contributed by atoms with van der Waals surface area (Å²) in [5.74, 6) is 1.82. The van der Waals surface area contributed by atoms with Gasteiger partial charge in [-0.3, -0.25) is 0 Å². The maximum atomic E-state index is 6.83. The van der Waals surface area contributed by atoms with Crippen molar-refractivity contribution in [2.24, 2.45) is 0 Å². The van der Waals surface area contributed by atoms with Crippen LogP contribution in [0, 0.1) is 0 Å². The lowest BCUT2D eigenvalue weighted by molar-refractivity contribution is 0.666. The van der Waals surface area contributed by atoms with E-state index >= 15 is 0 Å². The Balaban J connectivity index is 1.04. The summed E-state index contributed by atoms with van der Waals surface area (Å²) in [6.07, 6.45) is 0. The Hall–Kier alpha value is -7.83. The highest BCUT2D eigenvalue weighted by Gasteiger charge is 2.22. The Morgan fingerprint density at radius 3 is 1.49 bits per heavy atom. The lowest BCUT2D eigenvalue weighted by Gasteiger charge is -2.09. The molecule has 0 atom stereocenters. The topological polar surface area (TPSA) is 69.9 Å². The lowest BCUT2D eigenvalue weighted by atomic mass is 9.95. The van der Waals surface area contributed by atoms with Gasteiger partial charge in [-0.05, 0) is 53.6 Å². The highest BCUT2D eigenvalue weighted by molar-refractivity contribution is 6.21. The molecule has 0 saturated carbocycles.